The van der Waals surface area contributed by atoms with E-state index in [1.54, 1.807) is 12.4 Å². The number of nitrogens with zero attached hydrogens (tertiary/aromatic N) is 3. The Hall–Kier alpha value is -1.20. The Morgan fingerprint density at radius 2 is 2.24 bits per heavy atom. The van der Waals surface area contributed by atoms with Crippen LogP contribution in [0.5, 0.6) is 0 Å². The molecular weight excluding hydrogens is 216 g/mol. The summed E-state index contributed by atoms with van der Waals surface area (Å²) in [4.78, 5) is 10.8. The van der Waals surface area contributed by atoms with Gasteiger partial charge in [-0.3, -0.25) is 0 Å². The van der Waals surface area contributed by atoms with Crippen LogP contribution in [0.1, 0.15) is 13.8 Å². The number of anilines is 1. The molecule has 1 saturated heterocycles. The van der Waals surface area contributed by atoms with Gasteiger partial charge in [0.05, 0.1) is 19.3 Å². The summed E-state index contributed by atoms with van der Waals surface area (Å²) in [5.74, 6) is 0.798. The van der Waals surface area contributed by atoms with Crippen LogP contribution in [0.2, 0.25) is 0 Å². The van der Waals surface area contributed by atoms with Gasteiger partial charge in [-0.15, -0.1) is 0 Å². The van der Waals surface area contributed by atoms with Crippen LogP contribution in [0, 0.1) is 0 Å². The van der Waals surface area contributed by atoms with E-state index in [1.165, 1.54) is 0 Å². The lowest BCUT2D eigenvalue weighted by molar-refractivity contribution is 0.0923. The van der Waals surface area contributed by atoms with Gasteiger partial charge in [0.25, 0.3) is 0 Å². The predicted molar refractivity (Wildman–Crippen MR) is 67.1 cm³/mol. The molecule has 1 atom stereocenters. The summed E-state index contributed by atoms with van der Waals surface area (Å²) >= 11 is 0. The molecule has 0 saturated carbocycles. The molecule has 1 N–H and O–H groups in total. The van der Waals surface area contributed by atoms with E-state index in [2.05, 4.69) is 34.0 Å². The van der Waals surface area contributed by atoms with Gasteiger partial charge in [-0.05, 0) is 6.07 Å². The summed E-state index contributed by atoms with van der Waals surface area (Å²) in [5, 5.41) is 3.44. The van der Waals surface area contributed by atoms with E-state index in [9.17, 15) is 0 Å². The first-order valence-electron chi connectivity index (χ1n) is 6.12. The minimum atomic E-state index is 0.313. The molecule has 1 fully saturated rings. The highest BCUT2D eigenvalue weighted by atomic mass is 16.5. The van der Waals surface area contributed by atoms with E-state index in [4.69, 9.17) is 4.74 Å². The predicted octanol–water partition coefficient (Wildman–Crippen LogP) is 0.680. The van der Waals surface area contributed by atoms with Crippen LogP contribution in [0.25, 0.3) is 0 Å². The van der Waals surface area contributed by atoms with Crippen LogP contribution in [0.3, 0.4) is 0 Å². The molecule has 1 aromatic heterocycles. The molecule has 0 spiro atoms. The van der Waals surface area contributed by atoms with E-state index in [0.29, 0.717) is 12.1 Å². The monoisotopic (exact) mass is 236 g/mol. The Kier molecular flexibility index (Phi) is 4.28. The Bertz CT molecular complexity index is 331. The molecule has 1 unspecified atom stereocenters. The normalized spacial score (nSPS) is 20.9. The molecule has 1 aliphatic rings. The zero-order valence-corrected chi connectivity index (χ0v) is 10.5. The average molecular weight is 236 g/mol. The van der Waals surface area contributed by atoms with E-state index < -0.39 is 0 Å². The van der Waals surface area contributed by atoms with Crippen molar-refractivity contribution in [2.75, 3.05) is 31.2 Å². The third-order valence-corrected chi connectivity index (χ3v) is 2.80. The molecule has 1 aromatic rings. The quantitative estimate of drug-likeness (QED) is 0.833. The number of rotatable bonds is 4. The highest BCUT2D eigenvalue weighted by Gasteiger charge is 2.24. The summed E-state index contributed by atoms with van der Waals surface area (Å²) in [6, 6.07) is 2.63. The molecule has 0 amide bonds. The summed E-state index contributed by atoms with van der Waals surface area (Å²) in [7, 11) is 0. The maximum Gasteiger partial charge on any atom is 0.225 e. The second-order valence-electron chi connectivity index (χ2n) is 4.53. The second kappa shape index (κ2) is 5.93. The first kappa shape index (κ1) is 12.3. The SMILES string of the molecule is CC(C)NCC1COCCN1c1ncccn1. The van der Waals surface area contributed by atoms with Crippen molar-refractivity contribution in [1.82, 2.24) is 15.3 Å². The number of morpholine rings is 1. The molecule has 0 radical (unpaired) electrons. The van der Waals surface area contributed by atoms with E-state index in [-0.39, 0.29) is 0 Å². The van der Waals surface area contributed by atoms with Crippen LogP contribution >= 0.6 is 0 Å². The summed E-state index contributed by atoms with van der Waals surface area (Å²) in [6.07, 6.45) is 3.56. The fourth-order valence-electron chi connectivity index (χ4n) is 1.90. The van der Waals surface area contributed by atoms with Crippen molar-refractivity contribution in [3.05, 3.63) is 18.5 Å². The molecule has 5 nitrogen and oxygen atoms in total. The first-order valence-corrected chi connectivity index (χ1v) is 6.12. The number of nitrogens with one attached hydrogen (secondary N) is 1. The molecule has 0 aromatic carbocycles. The van der Waals surface area contributed by atoms with Crippen LogP contribution < -0.4 is 10.2 Å². The standard InChI is InChI=1S/C12H20N4O/c1-10(2)15-8-11-9-17-7-6-16(11)12-13-4-3-5-14-12/h3-5,10-11,15H,6-9H2,1-2H3. The third-order valence-electron chi connectivity index (χ3n) is 2.80. The summed E-state index contributed by atoms with van der Waals surface area (Å²) in [6.45, 7) is 7.53. The Balaban J connectivity index is 2.02. The Morgan fingerprint density at radius 3 is 2.94 bits per heavy atom. The van der Waals surface area contributed by atoms with Crippen molar-refractivity contribution >= 4 is 5.95 Å². The fourth-order valence-corrected chi connectivity index (χ4v) is 1.90. The highest BCUT2D eigenvalue weighted by Crippen LogP contribution is 2.13. The van der Waals surface area contributed by atoms with Crippen LogP contribution in [0.4, 0.5) is 5.95 Å². The number of aromatic nitrogens is 2. The number of hydrogen-bond donors (Lipinski definition) is 1. The van der Waals surface area contributed by atoms with Crippen LogP contribution in [-0.2, 0) is 4.74 Å². The van der Waals surface area contributed by atoms with Gasteiger partial charge in [0.1, 0.15) is 0 Å². The molecule has 17 heavy (non-hydrogen) atoms. The molecule has 0 aliphatic carbocycles. The zero-order chi connectivity index (χ0) is 12.1. The van der Waals surface area contributed by atoms with Crippen molar-refractivity contribution in [2.24, 2.45) is 0 Å². The lowest BCUT2D eigenvalue weighted by atomic mass is 10.2. The van der Waals surface area contributed by atoms with Gasteiger partial charge < -0.3 is 15.0 Å². The van der Waals surface area contributed by atoms with Crippen molar-refractivity contribution < 1.29 is 4.74 Å². The Labute approximate surface area is 102 Å². The third kappa shape index (κ3) is 3.38. The summed E-state index contributed by atoms with van der Waals surface area (Å²) < 4.78 is 5.53. The molecule has 1 aliphatic heterocycles. The van der Waals surface area contributed by atoms with Gasteiger partial charge >= 0.3 is 0 Å². The Morgan fingerprint density at radius 1 is 1.47 bits per heavy atom. The summed E-state index contributed by atoms with van der Waals surface area (Å²) in [5.41, 5.74) is 0. The maximum atomic E-state index is 5.53. The minimum absolute atomic E-state index is 0.313. The van der Waals surface area contributed by atoms with Crippen LogP contribution in [-0.4, -0.2) is 48.4 Å². The molecule has 94 valence electrons. The van der Waals surface area contributed by atoms with Crippen molar-refractivity contribution in [3.8, 4) is 0 Å². The molecule has 2 rings (SSSR count). The van der Waals surface area contributed by atoms with Gasteiger partial charge in [-0.1, -0.05) is 13.8 Å². The van der Waals surface area contributed by atoms with Crippen molar-refractivity contribution in [2.45, 2.75) is 25.9 Å². The first-order chi connectivity index (χ1) is 8.27. The van der Waals surface area contributed by atoms with Gasteiger partial charge in [-0.2, -0.15) is 0 Å². The van der Waals surface area contributed by atoms with Crippen LogP contribution in [0.15, 0.2) is 18.5 Å². The topological polar surface area (TPSA) is 50.3 Å². The largest absolute Gasteiger partial charge is 0.377 e. The molecule has 2 heterocycles. The van der Waals surface area contributed by atoms with E-state index >= 15 is 0 Å². The van der Waals surface area contributed by atoms with E-state index in [0.717, 1.165) is 32.3 Å². The minimum Gasteiger partial charge on any atom is -0.377 e. The molecule has 0 bridgehead atoms. The maximum absolute atomic E-state index is 5.53. The highest BCUT2D eigenvalue weighted by molar-refractivity contribution is 5.31. The van der Waals surface area contributed by atoms with E-state index in [1.807, 2.05) is 6.07 Å². The fraction of sp³-hybridized carbons (Fsp3) is 0.667. The van der Waals surface area contributed by atoms with Crippen molar-refractivity contribution in [1.29, 1.82) is 0 Å². The van der Waals surface area contributed by atoms with Gasteiger partial charge in [0.2, 0.25) is 5.95 Å². The van der Waals surface area contributed by atoms with Gasteiger partial charge in [0.15, 0.2) is 0 Å². The zero-order valence-electron chi connectivity index (χ0n) is 10.5. The van der Waals surface area contributed by atoms with Gasteiger partial charge in [-0.25, -0.2) is 9.97 Å². The molecule has 5 heteroatoms. The lowest BCUT2D eigenvalue weighted by Crippen LogP contribution is -2.52. The number of hydrogen-bond acceptors (Lipinski definition) is 5. The average Bonchev–Trinajstić information content (AvgIpc) is 2.38. The van der Waals surface area contributed by atoms with Gasteiger partial charge in [0, 0.05) is 31.5 Å². The lowest BCUT2D eigenvalue weighted by Gasteiger charge is -2.36. The second-order valence-corrected chi connectivity index (χ2v) is 4.53. The van der Waals surface area contributed by atoms with Crippen molar-refractivity contribution in [3.63, 3.8) is 0 Å². The smallest absolute Gasteiger partial charge is 0.225 e. The molecular formula is C12H20N4O. The number of ether oxygens (including phenoxy) is 1.